The van der Waals surface area contributed by atoms with Gasteiger partial charge in [-0.25, -0.2) is 0 Å². The molecule has 2 amide bonds. The van der Waals surface area contributed by atoms with Crippen LogP contribution < -0.4 is 5.32 Å². The first-order valence-electron chi connectivity index (χ1n) is 6.27. The fraction of sp³-hybridized carbons (Fsp3) is 0.385. The molecule has 0 spiro atoms. The molecular formula is C13H16BrN3O4. The maximum atomic E-state index is 12.1. The molecule has 1 atom stereocenters. The van der Waals surface area contributed by atoms with Crippen LogP contribution in [-0.2, 0) is 4.79 Å². The molecule has 0 heterocycles. The maximum Gasteiger partial charge on any atom is 0.270 e. The van der Waals surface area contributed by atoms with Gasteiger partial charge in [0.25, 0.3) is 11.6 Å². The molecule has 0 aliphatic heterocycles. The molecule has 0 radical (unpaired) electrons. The number of hydrogen-bond acceptors (Lipinski definition) is 4. The van der Waals surface area contributed by atoms with Crippen molar-refractivity contribution >= 4 is 33.4 Å². The summed E-state index contributed by atoms with van der Waals surface area (Å²) in [6.45, 7) is 3.92. The fourth-order valence-electron chi connectivity index (χ4n) is 1.62. The van der Waals surface area contributed by atoms with Gasteiger partial charge in [-0.05, 0) is 35.8 Å². The fourth-order valence-corrected chi connectivity index (χ4v) is 2.05. The van der Waals surface area contributed by atoms with Gasteiger partial charge in [-0.2, -0.15) is 0 Å². The van der Waals surface area contributed by atoms with Crippen molar-refractivity contribution in [3.63, 3.8) is 0 Å². The Hall–Kier alpha value is -1.96. The second kappa shape index (κ2) is 7.16. The molecule has 0 saturated carbocycles. The molecule has 0 aliphatic carbocycles. The van der Waals surface area contributed by atoms with E-state index in [1.165, 1.54) is 23.1 Å². The van der Waals surface area contributed by atoms with Crippen molar-refractivity contribution in [1.29, 1.82) is 0 Å². The van der Waals surface area contributed by atoms with Crippen LogP contribution in [0.1, 0.15) is 24.2 Å². The summed E-state index contributed by atoms with van der Waals surface area (Å²) < 4.78 is 0.425. The van der Waals surface area contributed by atoms with Gasteiger partial charge in [-0.1, -0.05) is 0 Å². The molecule has 114 valence electrons. The first-order chi connectivity index (χ1) is 9.77. The second-order valence-corrected chi connectivity index (χ2v) is 5.32. The predicted molar refractivity (Wildman–Crippen MR) is 81.0 cm³/mol. The number of carbonyl (C=O) groups excluding carboxylic acids is 2. The Bertz CT molecular complexity index is 577. The summed E-state index contributed by atoms with van der Waals surface area (Å²) >= 11 is 3.17. The molecule has 0 aliphatic rings. The number of carbonyl (C=O) groups is 2. The van der Waals surface area contributed by atoms with Crippen LogP contribution in [-0.4, -0.2) is 41.3 Å². The number of non-ortho nitro benzene ring substituents is 1. The third kappa shape index (κ3) is 4.25. The number of nitrogens with one attached hydrogen (secondary N) is 1. The lowest BCUT2D eigenvalue weighted by Crippen LogP contribution is -2.45. The first-order valence-corrected chi connectivity index (χ1v) is 7.07. The van der Waals surface area contributed by atoms with Crippen molar-refractivity contribution < 1.29 is 14.5 Å². The van der Waals surface area contributed by atoms with E-state index >= 15 is 0 Å². The van der Waals surface area contributed by atoms with Gasteiger partial charge in [0.2, 0.25) is 5.91 Å². The van der Waals surface area contributed by atoms with E-state index in [2.05, 4.69) is 21.2 Å². The molecule has 0 aromatic heterocycles. The summed E-state index contributed by atoms with van der Waals surface area (Å²) in [6.07, 6.45) is 0. The highest BCUT2D eigenvalue weighted by molar-refractivity contribution is 9.10. The van der Waals surface area contributed by atoms with Gasteiger partial charge >= 0.3 is 0 Å². The zero-order valence-electron chi connectivity index (χ0n) is 11.9. The minimum Gasteiger partial charge on any atom is -0.344 e. The molecule has 0 bridgehead atoms. The van der Waals surface area contributed by atoms with E-state index in [4.69, 9.17) is 0 Å². The van der Waals surface area contributed by atoms with E-state index in [0.29, 0.717) is 11.0 Å². The number of nitro groups is 1. The Kier molecular flexibility index (Phi) is 5.83. The highest BCUT2D eigenvalue weighted by atomic mass is 79.9. The Morgan fingerprint density at radius 1 is 1.48 bits per heavy atom. The molecule has 1 aromatic rings. The summed E-state index contributed by atoms with van der Waals surface area (Å²) in [7, 11) is 1.63. The average molecular weight is 358 g/mol. The first kappa shape index (κ1) is 17.1. The van der Waals surface area contributed by atoms with Gasteiger partial charge < -0.3 is 10.2 Å². The Balaban J connectivity index is 2.92. The number of amides is 2. The Labute approximate surface area is 130 Å². The minimum atomic E-state index is -0.714. The highest BCUT2D eigenvalue weighted by Gasteiger charge is 2.21. The number of nitrogens with zero attached hydrogens (tertiary/aromatic N) is 2. The van der Waals surface area contributed by atoms with Crippen molar-refractivity contribution in [1.82, 2.24) is 10.2 Å². The number of halogens is 1. The lowest BCUT2D eigenvalue weighted by Gasteiger charge is -2.20. The zero-order chi connectivity index (χ0) is 16.2. The summed E-state index contributed by atoms with van der Waals surface area (Å²) in [4.78, 5) is 35.7. The Morgan fingerprint density at radius 3 is 2.62 bits per heavy atom. The lowest BCUT2D eigenvalue weighted by atomic mass is 10.1. The topological polar surface area (TPSA) is 92.6 Å². The third-order valence-corrected chi connectivity index (χ3v) is 3.67. The molecule has 1 N–H and O–H groups in total. The van der Waals surface area contributed by atoms with E-state index in [1.807, 2.05) is 6.92 Å². The maximum absolute atomic E-state index is 12.1. The highest BCUT2D eigenvalue weighted by Crippen LogP contribution is 2.22. The van der Waals surface area contributed by atoms with Crippen LogP contribution >= 0.6 is 15.9 Å². The van der Waals surface area contributed by atoms with Crippen molar-refractivity contribution in [2.24, 2.45) is 0 Å². The third-order valence-electron chi connectivity index (χ3n) is 2.97. The van der Waals surface area contributed by atoms with Crippen molar-refractivity contribution in [2.45, 2.75) is 19.9 Å². The quantitative estimate of drug-likeness (QED) is 0.643. The summed E-state index contributed by atoms with van der Waals surface area (Å²) in [5, 5.41) is 13.3. The lowest BCUT2D eigenvalue weighted by molar-refractivity contribution is -0.384. The number of nitro benzene ring substituents is 1. The van der Waals surface area contributed by atoms with Gasteiger partial charge in [0.1, 0.15) is 6.04 Å². The number of hydrogen-bond donors (Lipinski definition) is 1. The molecule has 0 fully saturated rings. The molecule has 8 heteroatoms. The summed E-state index contributed by atoms with van der Waals surface area (Å²) in [5.74, 6) is -0.775. The van der Waals surface area contributed by atoms with Crippen molar-refractivity contribution in [3.05, 3.63) is 38.3 Å². The average Bonchev–Trinajstić information content (AvgIpc) is 2.45. The molecule has 1 unspecified atom stereocenters. The van der Waals surface area contributed by atoms with Gasteiger partial charge in [0.05, 0.1) is 10.5 Å². The van der Waals surface area contributed by atoms with Gasteiger partial charge in [-0.3, -0.25) is 19.7 Å². The van der Waals surface area contributed by atoms with E-state index in [1.54, 1.807) is 14.0 Å². The molecular weight excluding hydrogens is 342 g/mol. The zero-order valence-corrected chi connectivity index (χ0v) is 13.5. The molecule has 21 heavy (non-hydrogen) atoms. The number of benzene rings is 1. The van der Waals surface area contributed by atoms with Crippen LogP contribution in [0.3, 0.4) is 0 Å². The second-order valence-electron chi connectivity index (χ2n) is 4.47. The van der Waals surface area contributed by atoms with E-state index in [-0.39, 0.29) is 17.2 Å². The van der Waals surface area contributed by atoms with Crippen molar-refractivity contribution in [3.8, 4) is 0 Å². The van der Waals surface area contributed by atoms with E-state index in [9.17, 15) is 19.7 Å². The Morgan fingerprint density at radius 2 is 2.10 bits per heavy atom. The molecule has 1 aromatic carbocycles. The molecule has 0 saturated heterocycles. The van der Waals surface area contributed by atoms with Crippen LogP contribution in [0.2, 0.25) is 0 Å². The van der Waals surface area contributed by atoms with Crippen LogP contribution in [0.4, 0.5) is 5.69 Å². The normalized spacial score (nSPS) is 11.6. The van der Waals surface area contributed by atoms with Gasteiger partial charge in [0, 0.05) is 30.2 Å². The predicted octanol–water partition coefficient (Wildman–Crippen LogP) is 1.95. The SMILES string of the molecule is CCN(C)C(=O)C(C)NC(=O)c1cc([N+](=O)[O-])ccc1Br. The number of likely N-dealkylation sites (N-methyl/N-ethyl adjacent to an activating group) is 1. The smallest absolute Gasteiger partial charge is 0.270 e. The van der Waals surface area contributed by atoms with Gasteiger partial charge in [0.15, 0.2) is 0 Å². The van der Waals surface area contributed by atoms with Crippen LogP contribution in [0.15, 0.2) is 22.7 Å². The van der Waals surface area contributed by atoms with Crippen LogP contribution in [0.25, 0.3) is 0 Å². The largest absolute Gasteiger partial charge is 0.344 e. The van der Waals surface area contributed by atoms with Crippen LogP contribution in [0.5, 0.6) is 0 Å². The standard InChI is InChI=1S/C13H16BrN3O4/c1-4-16(3)13(19)8(2)15-12(18)10-7-9(17(20)21)5-6-11(10)14/h5-8H,4H2,1-3H3,(H,15,18). The van der Waals surface area contributed by atoms with Crippen LogP contribution in [0, 0.1) is 10.1 Å². The molecule has 7 nitrogen and oxygen atoms in total. The summed E-state index contributed by atoms with van der Waals surface area (Å²) in [6, 6.07) is 3.17. The number of rotatable bonds is 5. The molecule has 1 rings (SSSR count). The minimum absolute atomic E-state index is 0.114. The van der Waals surface area contributed by atoms with E-state index in [0.717, 1.165) is 0 Å². The summed E-state index contributed by atoms with van der Waals surface area (Å²) in [5.41, 5.74) is -0.0731. The van der Waals surface area contributed by atoms with Crippen molar-refractivity contribution in [2.75, 3.05) is 13.6 Å². The van der Waals surface area contributed by atoms with E-state index < -0.39 is 16.9 Å². The van der Waals surface area contributed by atoms with Gasteiger partial charge in [-0.15, -0.1) is 0 Å². The monoisotopic (exact) mass is 357 g/mol.